The molecule has 23 heavy (non-hydrogen) atoms. The third-order valence-electron chi connectivity index (χ3n) is 3.67. The minimum Gasteiger partial charge on any atom is -0.454 e. The lowest BCUT2D eigenvalue weighted by molar-refractivity contribution is -0.116. The summed E-state index contributed by atoms with van der Waals surface area (Å²) in [6.45, 7) is -0.295. The van der Waals surface area contributed by atoms with Gasteiger partial charge in [-0.2, -0.15) is 0 Å². The van der Waals surface area contributed by atoms with Crippen molar-refractivity contribution in [2.45, 2.75) is 12.8 Å². The van der Waals surface area contributed by atoms with Crippen LogP contribution in [0, 0.1) is 0 Å². The van der Waals surface area contributed by atoms with Gasteiger partial charge in [0, 0.05) is 17.7 Å². The highest BCUT2D eigenvalue weighted by molar-refractivity contribution is 6.00. The van der Waals surface area contributed by atoms with Gasteiger partial charge in [0.25, 0.3) is 0 Å². The number of carbonyl (C=O) groups is 3. The molecule has 116 valence electrons. The number of fused-ring (bicyclic) bond motifs is 1. The average molecular weight is 309 g/mol. The molecule has 1 N–H and O–H groups in total. The first-order valence-corrected chi connectivity index (χ1v) is 7.31. The van der Waals surface area contributed by atoms with Crippen LogP contribution in [0.4, 0.5) is 5.69 Å². The Morgan fingerprint density at radius 3 is 2.57 bits per heavy atom. The number of rotatable bonds is 4. The second-order valence-corrected chi connectivity index (χ2v) is 5.29. The van der Waals surface area contributed by atoms with E-state index in [-0.39, 0.29) is 18.3 Å². The molecule has 0 spiro atoms. The molecular formula is C18H15NO4. The summed E-state index contributed by atoms with van der Waals surface area (Å²) in [6.07, 6.45) is 0.989. The third kappa shape index (κ3) is 3.45. The summed E-state index contributed by atoms with van der Waals surface area (Å²) in [5, 5.41) is 2.75. The van der Waals surface area contributed by atoms with Crippen LogP contribution in [0.25, 0.3) is 0 Å². The fraction of sp³-hybridized carbons (Fsp3) is 0.167. The van der Waals surface area contributed by atoms with Crippen molar-refractivity contribution < 1.29 is 19.1 Å². The Kier molecular flexibility index (Phi) is 4.19. The molecule has 1 aliphatic heterocycles. The van der Waals surface area contributed by atoms with Gasteiger partial charge in [-0.3, -0.25) is 9.59 Å². The van der Waals surface area contributed by atoms with Crippen LogP contribution in [0.1, 0.15) is 32.7 Å². The van der Waals surface area contributed by atoms with Gasteiger partial charge in [0.1, 0.15) is 0 Å². The lowest BCUT2D eigenvalue weighted by Gasteiger charge is -2.17. The molecule has 5 heteroatoms. The smallest absolute Gasteiger partial charge is 0.338 e. The average Bonchev–Trinajstić information content (AvgIpc) is 2.59. The van der Waals surface area contributed by atoms with E-state index in [1.807, 2.05) is 6.07 Å². The predicted molar refractivity (Wildman–Crippen MR) is 84.4 cm³/mol. The first-order chi connectivity index (χ1) is 11.1. The molecule has 0 unspecified atom stereocenters. The normalized spacial score (nSPS) is 13.0. The molecule has 1 amide bonds. The molecule has 5 nitrogen and oxygen atoms in total. The maximum Gasteiger partial charge on any atom is 0.338 e. The van der Waals surface area contributed by atoms with E-state index in [2.05, 4.69) is 5.32 Å². The van der Waals surface area contributed by atoms with Crippen LogP contribution in [0.2, 0.25) is 0 Å². The van der Waals surface area contributed by atoms with Crippen molar-refractivity contribution in [2.24, 2.45) is 0 Å². The molecule has 1 aliphatic rings. The highest BCUT2D eigenvalue weighted by atomic mass is 16.5. The van der Waals surface area contributed by atoms with Gasteiger partial charge in [0.15, 0.2) is 12.4 Å². The molecule has 0 fully saturated rings. The van der Waals surface area contributed by atoms with Gasteiger partial charge in [0.2, 0.25) is 5.91 Å². The van der Waals surface area contributed by atoms with Gasteiger partial charge in [-0.25, -0.2) is 4.79 Å². The molecule has 0 saturated heterocycles. The summed E-state index contributed by atoms with van der Waals surface area (Å²) >= 11 is 0. The largest absolute Gasteiger partial charge is 0.454 e. The van der Waals surface area contributed by atoms with Crippen molar-refractivity contribution in [3.63, 3.8) is 0 Å². The third-order valence-corrected chi connectivity index (χ3v) is 3.67. The maximum atomic E-state index is 12.1. The lowest BCUT2D eigenvalue weighted by atomic mass is 10.0. The van der Waals surface area contributed by atoms with Crippen LogP contribution >= 0.6 is 0 Å². The first kappa shape index (κ1) is 15.0. The van der Waals surface area contributed by atoms with Gasteiger partial charge in [0.05, 0.1) is 5.56 Å². The molecule has 0 atom stereocenters. The van der Waals surface area contributed by atoms with Crippen LogP contribution < -0.4 is 5.32 Å². The minimum atomic E-state index is -0.547. The van der Waals surface area contributed by atoms with E-state index in [4.69, 9.17) is 4.74 Å². The Bertz CT molecular complexity index is 768. The molecular weight excluding hydrogens is 294 g/mol. The van der Waals surface area contributed by atoms with Crippen LogP contribution in [0.15, 0.2) is 48.5 Å². The number of carbonyl (C=O) groups excluding carboxylic acids is 3. The van der Waals surface area contributed by atoms with Crippen LogP contribution in [-0.2, 0) is 16.0 Å². The Morgan fingerprint density at radius 1 is 1.00 bits per heavy atom. The molecule has 0 bridgehead atoms. The zero-order valence-electron chi connectivity index (χ0n) is 12.4. The monoisotopic (exact) mass is 309 g/mol. The number of esters is 1. The number of hydrogen-bond acceptors (Lipinski definition) is 4. The molecule has 2 aromatic rings. The highest BCUT2D eigenvalue weighted by Crippen LogP contribution is 2.23. The Labute approximate surface area is 133 Å². The second kappa shape index (κ2) is 6.44. The molecule has 2 aromatic carbocycles. The molecule has 1 heterocycles. The highest BCUT2D eigenvalue weighted by Gasteiger charge is 2.18. The topological polar surface area (TPSA) is 72.5 Å². The van der Waals surface area contributed by atoms with E-state index < -0.39 is 5.97 Å². The maximum absolute atomic E-state index is 12.1. The van der Waals surface area contributed by atoms with E-state index in [0.29, 0.717) is 24.0 Å². The summed E-state index contributed by atoms with van der Waals surface area (Å²) < 4.78 is 5.08. The van der Waals surface area contributed by atoms with Crippen molar-refractivity contribution >= 4 is 23.3 Å². The van der Waals surface area contributed by atoms with E-state index in [1.165, 1.54) is 0 Å². The summed E-state index contributed by atoms with van der Waals surface area (Å²) in [5.74, 6) is -0.820. The summed E-state index contributed by atoms with van der Waals surface area (Å²) in [4.78, 5) is 35.3. The van der Waals surface area contributed by atoms with Gasteiger partial charge >= 0.3 is 5.97 Å². The summed E-state index contributed by atoms with van der Waals surface area (Å²) in [7, 11) is 0. The number of anilines is 1. The van der Waals surface area contributed by atoms with Crippen molar-refractivity contribution in [2.75, 3.05) is 11.9 Å². The quantitative estimate of drug-likeness (QED) is 0.696. The zero-order chi connectivity index (χ0) is 16.2. The lowest BCUT2D eigenvalue weighted by Crippen LogP contribution is -2.20. The van der Waals surface area contributed by atoms with Gasteiger partial charge in [-0.15, -0.1) is 0 Å². The molecule has 0 radical (unpaired) electrons. The van der Waals surface area contributed by atoms with Gasteiger partial charge < -0.3 is 10.1 Å². The number of ketones is 1. The number of amides is 1. The number of hydrogen-bond donors (Lipinski definition) is 1. The van der Waals surface area contributed by atoms with Crippen molar-refractivity contribution in [3.8, 4) is 0 Å². The van der Waals surface area contributed by atoms with E-state index in [1.54, 1.807) is 42.5 Å². The van der Waals surface area contributed by atoms with Crippen molar-refractivity contribution in [3.05, 3.63) is 65.2 Å². The SMILES string of the molecule is O=C1CCc2cc(C(=O)OCC(=O)c3ccccc3)ccc2N1. The molecule has 3 rings (SSSR count). The van der Waals surface area contributed by atoms with Crippen LogP contribution in [0.5, 0.6) is 0 Å². The van der Waals surface area contributed by atoms with E-state index in [9.17, 15) is 14.4 Å². The van der Waals surface area contributed by atoms with E-state index >= 15 is 0 Å². The standard InChI is InChI=1S/C18H15NO4/c20-16(12-4-2-1-3-5-12)11-23-18(22)14-6-8-15-13(10-14)7-9-17(21)19-15/h1-6,8,10H,7,9,11H2,(H,19,21). The Morgan fingerprint density at radius 2 is 1.78 bits per heavy atom. The number of ether oxygens (including phenoxy) is 1. The minimum absolute atomic E-state index is 0.0266. The Balaban J connectivity index is 1.65. The van der Waals surface area contributed by atoms with Gasteiger partial charge in [-0.1, -0.05) is 30.3 Å². The first-order valence-electron chi connectivity index (χ1n) is 7.31. The van der Waals surface area contributed by atoms with Crippen molar-refractivity contribution in [1.29, 1.82) is 0 Å². The second-order valence-electron chi connectivity index (χ2n) is 5.29. The zero-order valence-corrected chi connectivity index (χ0v) is 12.4. The summed E-state index contributed by atoms with van der Waals surface area (Å²) in [5.41, 5.74) is 2.50. The fourth-order valence-electron chi connectivity index (χ4n) is 2.43. The van der Waals surface area contributed by atoms with Gasteiger partial charge in [-0.05, 0) is 30.2 Å². The molecule has 0 aliphatic carbocycles. The molecule has 0 saturated carbocycles. The molecule has 0 aromatic heterocycles. The number of nitrogens with one attached hydrogen (secondary N) is 1. The predicted octanol–water partition coefficient (Wildman–Crippen LogP) is 2.61. The number of aryl methyl sites for hydroxylation is 1. The number of benzene rings is 2. The van der Waals surface area contributed by atoms with E-state index in [0.717, 1.165) is 11.3 Å². The Hall–Kier alpha value is -2.95. The van der Waals surface area contributed by atoms with Crippen LogP contribution in [-0.4, -0.2) is 24.3 Å². The fourth-order valence-corrected chi connectivity index (χ4v) is 2.43. The van der Waals surface area contributed by atoms with Crippen molar-refractivity contribution in [1.82, 2.24) is 0 Å². The van der Waals surface area contributed by atoms with Crippen LogP contribution in [0.3, 0.4) is 0 Å². The number of Topliss-reactive ketones (excluding diaryl/α,β-unsaturated/α-hetero) is 1. The summed E-state index contributed by atoms with van der Waals surface area (Å²) in [6, 6.07) is 13.6.